The molecular formula is C30H34. The number of hydrogen-bond donors (Lipinski definition) is 0. The fourth-order valence-electron chi connectivity index (χ4n) is 1.77. The van der Waals surface area contributed by atoms with Gasteiger partial charge in [-0.05, 0) is 6.42 Å². The summed E-state index contributed by atoms with van der Waals surface area (Å²) in [6.45, 7) is 5.74. The highest BCUT2D eigenvalue weighted by atomic mass is 13.7. The molecule has 0 aliphatic heterocycles. The molecule has 0 bridgehead atoms. The van der Waals surface area contributed by atoms with E-state index in [4.69, 9.17) is 0 Å². The zero-order chi connectivity index (χ0) is 21.8. The van der Waals surface area contributed by atoms with Crippen molar-refractivity contribution in [3.05, 3.63) is 171 Å². The Labute approximate surface area is 184 Å². The molecule has 30 heavy (non-hydrogen) atoms. The van der Waals surface area contributed by atoms with Crippen molar-refractivity contribution in [3.63, 3.8) is 0 Å². The first kappa shape index (κ1) is 26.4. The predicted molar refractivity (Wildman–Crippen MR) is 139 cm³/mol. The van der Waals surface area contributed by atoms with Crippen LogP contribution in [-0.2, 0) is 0 Å². The third-order valence-electron chi connectivity index (χ3n) is 3.17. The molecule has 0 aliphatic rings. The first-order valence-corrected chi connectivity index (χ1v) is 10.2. The maximum absolute atomic E-state index is 3.61. The van der Waals surface area contributed by atoms with Crippen molar-refractivity contribution in [3.8, 4) is 0 Å². The smallest absolute Gasteiger partial charge is 0.0376 e. The van der Waals surface area contributed by atoms with Crippen LogP contribution in [0.25, 0.3) is 0 Å². The van der Waals surface area contributed by atoms with Gasteiger partial charge in [-0.25, -0.2) is 0 Å². The molecule has 0 radical (unpaired) electrons. The average molecular weight is 395 g/mol. The zero-order valence-electron chi connectivity index (χ0n) is 18.0. The van der Waals surface area contributed by atoms with E-state index in [2.05, 4.69) is 25.7 Å². The van der Waals surface area contributed by atoms with Crippen molar-refractivity contribution in [1.82, 2.24) is 0 Å². The van der Waals surface area contributed by atoms with Crippen molar-refractivity contribution in [2.24, 2.45) is 0 Å². The van der Waals surface area contributed by atoms with E-state index in [0.29, 0.717) is 0 Å². The lowest BCUT2D eigenvalue weighted by molar-refractivity contribution is 1.22. The number of rotatable bonds is 14. The van der Waals surface area contributed by atoms with Crippen LogP contribution in [0.4, 0.5) is 0 Å². The van der Waals surface area contributed by atoms with E-state index in [1.807, 2.05) is 146 Å². The predicted octanol–water partition coefficient (Wildman–Crippen LogP) is 8.81. The molecule has 0 rings (SSSR count). The first-order valence-electron chi connectivity index (χ1n) is 10.2. The lowest BCUT2D eigenvalue weighted by Gasteiger charge is -1.76. The largest absolute Gasteiger partial charge is 0.0991 e. The van der Waals surface area contributed by atoms with Gasteiger partial charge in [-0.2, -0.15) is 0 Å². The highest BCUT2D eigenvalue weighted by molar-refractivity contribution is 5.23. The monoisotopic (exact) mass is 394 g/mol. The van der Waals surface area contributed by atoms with E-state index in [9.17, 15) is 0 Å². The summed E-state index contributed by atoms with van der Waals surface area (Å²) in [7, 11) is 0. The van der Waals surface area contributed by atoms with E-state index in [1.165, 1.54) is 0 Å². The Bertz CT molecular complexity index is 789. The topological polar surface area (TPSA) is 0 Å². The van der Waals surface area contributed by atoms with E-state index in [1.54, 1.807) is 6.08 Å². The Hall–Kier alpha value is -3.64. The molecule has 0 heteroatoms. The van der Waals surface area contributed by atoms with Crippen LogP contribution in [0.15, 0.2) is 171 Å². The molecule has 0 atom stereocenters. The van der Waals surface area contributed by atoms with Gasteiger partial charge in [0.2, 0.25) is 0 Å². The second-order valence-corrected chi connectivity index (χ2v) is 5.69. The molecule has 154 valence electrons. The SMILES string of the molecule is C=CC=CC=CC=CC=CC=CC=CC=CC=CC=CC=CC=CC=CC=CCC. The minimum atomic E-state index is 1.07. The van der Waals surface area contributed by atoms with Crippen LogP contribution in [-0.4, -0.2) is 0 Å². The standard InChI is InChI=1S/C30H34/c1-3-5-7-9-11-13-15-17-19-21-23-25-27-29-30-28-26-24-22-20-18-16-14-12-10-8-6-4-2/h3,5-30H,1,4H2,2H3. The van der Waals surface area contributed by atoms with Gasteiger partial charge in [0.15, 0.2) is 0 Å². The van der Waals surface area contributed by atoms with E-state index in [-0.39, 0.29) is 0 Å². The summed E-state index contributed by atoms with van der Waals surface area (Å²) in [5, 5.41) is 0. The van der Waals surface area contributed by atoms with Gasteiger partial charge in [-0.15, -0.1) is 0 Å². The van der Waals surface area contributed by atoms with Crippen LogP contribution < -0.4 is 0 Å². The lowest BCUT2D eigenvalue weighted by atomic mass is 10.3. The van der Waals surface area contributed by atoms with Crippen LogP contribution in [0.5, 0.6) is 0 Å². The van der Waals surface area contributed by atoms with Crippen LogP contribution in [0.1, 0.15) is 13.3 Å². The van der Waals surface area contributed by atoms with Crippen LogP contribution in [0, 0.1) is 0 Å². The van der Waals surface area contributed by atoms with Crippen molar-refractivity contribution >= 4 is 0 Å². The molecular weight excluding hydrogens is 360 g/mol. The molecule has 0 saturated carbocycles. The molecule has 0 nitrogen and oxygen atoms in total. The van der Waals surface area contributed by atoms with Crippen molar-refractivity contribution in [2.45, 2.75) is 13.3 Å². The molecule has 0 spiro atoms. The number of hydrogen-bond acceptors (Lipinski definition) is 0. The van der Waals surface area contributed by atoms with Gasteiger partial charge in [0.25, 0.3) is 0 Å². The van der Waals surface area contributed by atoms with Crippen LogP contribution >= 0.6 is 0 Å². The van der Waals surface area contributed by atoms with Gasteiger partial charge in [0.05, 0.1) is 0 Å². The molecule has 0 fully saturated rings. The van der Waals surface area contributed by atoms with Crippen molar-refractivity contribution in [2.75, 3.05) is 0 Å². The molecule has 0 unspecified atom stereocenters. The first-order chi connectivity index (χ1) is 14.9. The van der Waals surface area contributed by atoms with Gasteiger partial charge in [-0.3, -0.25) is 0 Å². The normalized spacial score (nSPS) is 14.7. The minimum Gasteiger partial charge on any atom is -0.0991 e. The third kappa shape index (κ3) is 24.4. The minimum absolute atomic E-state index is 1.07. The molecule has 0 heterocycles. The second-order valence-electron chi connectivity index (χ2n) is 5.69. The number of allylic oxidation sites excluding steroid dienone is 27. The molecule has 0 aromatic heterocycles. The fraction of sp³-hybridized carbons (Fsp3) is 0.0667. The third-order valence-corrected chi connectivity index (χ3v) is 3.17. The summed E-state index contributed by atoms with van der Waals surface area (Å²) in [4.78, 5) is 0. The van der Waals surface area contributed by atoms with Gasteiger partial charge >= 0.3 is 0 Å². The van der Waals surface area contributed by atoms with Crippen molar-refractivity contribution < 1.29 is 0 Å². The highest BCUT2D eigenvalue weighted by Crippen LogP contribution is 1.88. The van der Waals surface area contributed by atoms with Gasteiger partial charge in [-0.1, -0.05) is 178 Å². The van der Waals surface area contributed by atoms with Crippen LogP contribution in [0.2, 0.25) is 0 Å². The Morgan fingerprint density at radius 2 is 0.533 bits per heavy atom. The van der Waals surface area contributed by atoms with E-state index >= 15 is 0 Å². The van der Waals surface area contributed by atoms with E-state index < -0.39 is 0 Å². The summed E-state index contributed by atoms with van der Waals surface area (Å²) < 4.78 is 0. The Morgan fingerprint density at radius 3 is 0.733 bits per heavy atom. The summed E-state index contributed by atoms with van der Waals surface area (Å²) in [6.07, 6.45) is 54.8. The van der Waals surface area contributed by atoms with E-state index in [0.717, 1.165) is 6.42 Å². The Kier molecular flexibility index (Phi) is 22.3. The van der Waals surface area contributed by atoms with Gasteiger partial charge < -0.3 is 0 Å². The summed E-state index contributed by atoms with van der Waals surface area (Å²) >= 11 is 0. The summed E-state index contributed by atoms with van der Waals surface area (Å²) in [5.41, 5.74) is 0. The quantitative estimate of drug-likeness (QED) is 0.258. The Morgan fingerprint density at radius 1 is 0.333 bits per heavy atom. The van der Waals surface area contributed by atoms with Crippen molar-refractivity contribution in [1.29, 1.82) is 0 Å². The maximum atomic E-state index is 3.61. The zero-order valence-corrected chi connectivity index (χ0v) is 18.0. The molecule has 0 aromatic carbocycles. The summed E-state index contributed by atoms with van der Waals surface area (Å²) in [6, 6.07) is 0. The molecule has 0 aromatic rings. The van der Waals surface area contributed by atoms with Crippen LogP contribution in [0.3, 0.4) is 0 Å². The van der Waals surface area contributed by atoms with Gasteiger partial charge in [0.1, 0.15) is 0 Å². The summed E-state index contributed by atoms with van der Waals surface area (Å²) in [5.74, 6) is 0. The Balaban J connectivity index is 3.95. The average Bonchev–Trinajstić information content (AvgIpc) is 2.76. The molecule has 0 amide bonds. The lowest BCUT2D eigenvalue weighted by Crippen LogP contribution is -1.54. The molecule has 0 aliphatic carbocycles. The highest BCUT2D eigenvalue weighted by Gasteiger charge is 1.66. The van der Waals surface area contributed by atoms with Gasteiger partial charge in [0, 0.05) is 0 Å². The molecule has 0 N–H and O–H groups in total. The molecule has 0 saturated heterocycles. The fourth-order valence-corrected chi connectivity index (χ4v) is 1.77. The maximum Gasteiger partial charge on any atom is -0.0376 e. The second kappa shape index (κ2) is 25.4.